The van der Waals surface area contributed by atoms with Crippen molar-refractivity contribution in [3.05, 3.63) is 22.8 Å². The molecule has 0 unspecified atom stereocenters. The number of nitrogens with one attached hydrogen (secondary N) is 1. The van der Waals surface area contributed by atoms with Crippen molar-refractivity contribution in [1.29, 1.82) is 0 Å². The lowest BCUT2D eigenvalue weighted by Crippen LogP contribution is -2.47. The molecule has 0 atom stereocenters. The molecular weight excluding hydrogens is 296 g/mol. The maximum absolute atomic E-state index is 11.8. The normalized spacial score (nSPS) is 17.7. The van der Waals surface area contributed by atoms with Crippen LogP contribution in [0.4, 0.5) is 5.82 Å². The van der Waals surface area contributed by atoms with Crippen LogP contribution in [0.2, 0.25) is 0 Å². The first-order chi connectivity index (χ1) is 8.63. The fraction of sp³-hybridized carbons (Fsp3) is 0.500. The van der Waals surface area contributed by atoms with Crippen molar-refractivity contribution >= 4 is 27.7 Å². The molecule has 2 heterocycles. The van der Waals surface area contributed by atoms with E-state index in [1.807, 2.05) is 6.07 Å². The molecule has 5 nitrogen and oxygen atoms in total. The molecule has 1 N–H and O–H groups in total. The summed E-state index contributed by atoms with van der Waals surface area (Å²) in [5, 5.41) is 2.80. The summed E-state index contributed by atoms with van der Waals surface area (Å²) in [6, 6.07) is 3.64. The average molecular weight is 313 g/mol. The zero-order valence-corrected chi connectivity index (χ0v) is 12.0. The maximum Gasteiger partial charge on any atom is 0.239 e. The van der Waals surface area contributed by atoms with Gasteiger partial charge in [0.25, 0.3) is 0 Å². The Labute approximate surface area is 115 Å². The van der Waals surface area contributed by atoms with Gasteiger partial charge in [-0.2, -0.15) is 0 Å². The molecule has 1 aliphatic rings. The second kappa shape index (κ2) is 6.26. The first-order valence-corrected chi connectivity index (χ1v) is 6.75. The first-order valence-electron chi connectivity index (χ1n) is 5.96. The second-order valence-corrected chi connectivity index (χ2v) is 5.40. The number of likely N-dealkylation sites (N-methyl/N-ethyl adjacent to an activating group) is 1. The summed E-state index contributed by atoms with van der Waals surface area (Å²) in [6.45, 7) is 4.36. The molecular formula is C12H17BrN4O. The molecule has 0 radical (unpaired) electrons. The van der Waals surface area contributed by atoms with Crippen molar-refractivity contribution in [2.75, 3.05) is 45.1 Å². The van der Waals surface area contributed by atoms with Gasteiger partial charge in [0.05, 0.1) is 6.54 Å². The van der Waals surface area contributed by atoms with E-state index in [0.29, 0.717) is 12.4 Å². The molecule has 1 aromatic rings. The molecule has 0 spiro atoms. The van der Waals surface area contributed by atoms with Crippen molar-refractivity contribution in [2.24, 2.45) is 0 Å². The first kappa shape index (κ1) is 13.5. The minimum atomic E-state index is -0.00521. The molecule has 1 fully saturated rings. The van der Waals surface area contributed by atoms with Crippen LogP contribution in [-0.4, -0.2) is 60.5 Å². The van der Waals surface area contributed by atoms with Gasteiger partial charge in [-0.3, -0.25) is 9.69 Å². The SMILES string of the molecule is CN1CCN(CC(=O)Nc2ccc(Br)cn2)CC1. The van der Waals surface area contributed by atoms with E-state index < -0.39 is 0 Å². The van der Waals surface area contributed by atoms with E-state index in [4.69, 9.17) is 0 Å². The van der Waals surface area contributed by atoms with E-state index in [1.165, 1.54) is 0 Å². The fourth-order valence-electron chi connectivity index (χ4n) is 1.84. The number of carbonyl (C=O) groups excluding carboxylic acids is 1. The average Bonchev–Trinajstić information content (AvgIpc) is 2.35. The van der Waals surface area contributed by atoms with Crippen molar-refractivity contribution < 1.29 is 4.79 Å². The molecule has 0 bridgehead atoms. The summed E-state index contributed by atoms with van der Waals surface area (Å²) < 4.78 is 0.902. The third-order valence-electron chi connectivity index (χ3n) is 2.96. The fourth-order valence-corrected chi connectivity index (χ4v) is 2.08. The minimum Gasteiger partial charge on any atom is -0.310 e. The van der Waals surface area contributed by atoms with Crippen LogP contribution in [0.5, 0.6) is 0 Å². The molecule has 1 saturated heterocycles. The van der Waals surface area contributed by atoms with Gasteiger partial charge in [0.1, 0.15) is 5.82 Å². The van der Waals surface area contributed by atoms with Crippen molar-refractivity contribution in [3.63, 3.8) is 0 Å². The Morgan fingerprint density at radius 1 is 1.39 bits per heavy atom. The molecule has 6 heteroatoms. The van der Waals surface area contributed by atoms with Crippen molar-refractivity contribution in [3.8, 4) is 0 Å². The van der Waals surface area contributed by atoms with E-state index in [0.717, 1.165) is 30.7 Å². The summed E-state index contributed by atoms with van der Waals surface area (Å²) in [6.07, 6.45) is 1.67. The van der Waals surface area contributed by atoms with E-state index in [2.05, 4.69) is 43.1 Å². The molecule has 1 amide bonds. The Kier molecular flexibility index (Phi) is 4.68. The number of piperazine rings is 1. The highest BCUT2D eigenvalue weighted by Gasteiger charge is 2.16. The van der Waals surface area contributed by atoms with Crippen LogP contribution >= 0.6 is 15.9 Å². The molecule has 98 valence electrons. The smallest absolute Gasteiger partial charge is 0.239 e. The monoisotopic (exact) mass is 312 g/mol. The third-order valence-corrected chi connectivity index (χ3v) is 3.43. The largest absolute Gasteiger partial charge is 0.310 e. The number of nitrogens with zero attached hydrogens (tertiary/aromatic N) is 3. The number of anilines is 1. The summed E-state index contributed by atoms with van der Waals surface area (Å²) in [5.74, 6) is 0.590. The van der Waals surface area contributed by atoms with Crippen LogP contribution in [-0.2, 0) is 4.79 Å². The van der Waals surface area contributed by atoms with E-state index in [-0.39, 0.29) is 5.91 Å². The quantitative estimate of drug-likeness (QED) is 0.905. The highest BCUT2D eigenvalue weighted by Crippen LogP contribution is 2.10. The Morgan fingerprint density at radius 3 is 2.72 bits per heavy atom. The van der Waals surface area contributed by atoms with Gasteiger partial charge in [-0.1, -0.05) is 0 Å². The molecule has 0 saturated carbocycles. The van der Waals surface area contributed by atoms with E-state index in [9.17, 15) is 4.79 Å². The lowest BCUT2D eigenvalue weighted by Gasteiger charge is -2.31. The highest BCUT2D eigenvalue weighted by atomic mass is 79.9. The predicted octanol–water partition coefficient (Wildman–Crippen LogP) is 1.03. The Morgan fingerprint density at radius 2 is 2.11 bits per heavy atom. The Balaban J connectivity index is 1.80. The van der Waals surface area contributed by atoms with Gasteiger partial charge in [0, 0.05) is 36.8 Å². The lowest BCUT2D eigenvalue weighted by molar-refractivity contribution is -0.117. The molecule has 0 aliphatic carbocycles. The van der Waals surface area contributed by atoms with Gasteiger partial charge in [-0.25, -0.2) is 4.98 Å². The summed E-state index contributed by atoms with van der Waals surface area (Å²) in [7, 11) is 2.10. The number of hydrogen-bond donors (Lipinski definition) is 1. The van der Waals surface area contributed by atoms with Gasteiger partial charge in [-0.05, 0) is 35.1 Å². The van der Waals surface area contributed by atoms with E-state index in [1.54, 1.807) is 12.3 Å². The van der Waals surface area contributed by atoms with Crippen LogP contribution in [0.1, 0.15) is 0 Å². The van der Waals surface area contributed by atoms with Gasteiger partial charge in [0.15, 0.2) is 0 Å². The van der Waals surface area contributed by atoms with Gasteiger partial charge < -0.3 is 10.2 Å². The summed E-state index contributed by atoms with van der Waals surface area (Å²) in [4.78, 5) is 20.4. The standard InChI is InChI=1S/C12H17BrN4O/c1-16-4-6-17(7-5-16)9-12(18)15-11-3-2-10(13)8-14-11/h2-3,8H,4-7,9H2,1H3,(H,14,15,18). The number of pyridine rings is 1. The number of carbonyl (C=O) groups is 1. The maximum atomic E-state index is 11.8. The van der Waals surface area contributed by atoms with Crippen molar-refractivity contribution in [2.45, 2.75) is 0 Å². The van der Waals surface area contributed by atoms with Crippen molar-refractivity contribution in [1.82, 2.24) is 14.8 Å². The van der Waals surface area contributed by atoms with Crippen LogP contribution < -0.4 is 5.32 Å². The van der Waals surface area contributed by atoms with Gasteiger partial charge >= 0.3 is 0 Å². The predicted molar refractivity (Wildman–Crippen MR) is 74.5 cm³/mol. The van der Waals surface area contributed by atoms with Gasteiger partial charge in [-0.15, -0.1) is 0 Å². The molecule has 2 rings (SSSR count). The topological polar surface area (TPSA) is 48.5 Å². The van der Waals surface area contributed by atoms with Gasteiger partial charge in [0.2, 0.25) is 5.91 Å². The second-order valence-electron chi connectivity index (χ2n) is 4.49. The summed E-state index contributed by atoms with van der Waals surface area (Å²) >= 11 is 3.31. The minimum absolute atomic E-state index is 0.00521. The molecule has 18 heavy (non-hydrogen) atoms. The molecule has 0 aromatic carbocycles. The lowest BCUT2D eigenvalue weighted by atomic mass is 10.3. The zero-order valence-electron chi connectivity index (χ0n) is 10.4. The highest BCUT2D eigenvalue weighted by molar-refractivity contribution is 9.10. The van der Waals surface area contributed by atoms with Crippen LogP contribution in [0.15, 0.2) is 22.8 Å². The summed E-state index contributed by atoms with van der Waals surface area (Å²) in [5.41, 5.74) is 0. The Bertz CT molecular complexity index is 401. The van der Waals surface area contributed by atoms with E-state index >= 15 is 0 Å². The molecule has 1 aromatic heterocycles. The number of hydrogen-bond acceptors (Lipinski definition) is 4. The number of amides is 1. The van der Waals surface area contributed by atoms with Crippen LogP contribution in [0, 0.1) is 0 Å². The van der Waals surface area contributed by atoms with Crippen LogP contribution in [0.3, 0.4) is 0 Å². The van der Waals surface area contributed by atoms with Crippen LogP contribution in [0.25, 0.3) is 0 Å². The zero-order chi connectivity index (χ0) is 13.0. The number of halogens is 1. The number of rotatable bonds is 3. The third kappa shape index (κ3) is 4.04. The number of aromatic nitrogens is 1. The Hall–Kier alpha value is -0.980. The molecule has 1 aliphatic heterocycles.